The first-order valence-corrected chi connectivity index (χ1v) is 5.90. The van der Waals surface area contributed by atoms with Crippen molar-refractivity contribution >= 4 is 17.4 Å². The van der Waals surface area contributed by atoms with Crippen molar-refractivity contribution in [2.24, 2.45) is 5.73 Å². The first kappa shape index (κ1) is 12.4. The summed E-state index contributed by atoms with van der Waals surface area (Å²) in [6.07, 6.45) is -0.126. The second kappa shape index (κ2) is 4.68. The van der Waals surface area contributed by atoms with Crippen LogP contribution in [-0.2, 0) is 4.79 Å². The lowest BCUT2D eigenvalue weighted by molar-refractivity contribution is -0.125. The molecule has 0 saturated carbocycles. The van der Waals surface area contributed by atoms with Gasteiger partial charge in [-0.05, 0) is 31.5 Å². The largest absolute Gasteiger partial charge is 0.479 e. The van der Waals surface area contributed by atoms with Crippen molar-refractivity contribution in [2.75, 3.05) is 11.4 Å². The smallest absolute Gasteiger partial charge is 0.267 e. The highest BCUT2D eigenvalue weighted by Gasteiger charge is 2.31. The fraction of sp³-hybridized carbons (Fsp3) is 0.385. The zero-order chi connectivity index (χ0) is 13.3. The Bertz CT molecular complexity index is 499. The molecule has 0 fully saturated rings. The molecule has 96 valence electrons. The van der Waals surface area contributed by atoms with Crippen molar-refractivity contribution in [1.82, 2.24) is 0 Å². The summed E-state index contributed by atoms with van der Waals surface area (Å²) in [6.45, 7) is 4.11. The van der Waals surface area contributed by atoms with Crippen LogP contribution in [0.25, 0.3) is 0 Å². The van der Waals surface area contributed by atoms with Crippen LogP contribution < -0.4 is 15.4 Å². The number of nitrogens with zero attached hydrogens (tertiary/aromatic N) is 1. The maximum absolute atomic E-state index is 12.1. The Balaban J connectivity index is 2.34. The Hall–Kier alpha value is -2.04. The SMILES string of the molecule is Cc1ccc2c(c1)N(CCC(=N)N)C(=O)C(C)O2. The number of nitrogens with two attached hydrogens (primary N) is 1. The number of rotatable bonds is 3. The molecule has 1 amide bonds. The van der Waals surface area contributed by atoms with E-state index in [0.29, 0.717) is 18.7 Å². The van der Waals surface area contributed by atoms with Crippen LogP contribution in [0.2, 0.25) is 0 Å². The fourth-order valence-corrected chi connectivity index (χ4v) is 1.98. The molecule has 0 spiro atoms. The molecule has 1 unspecified atom stereocenters. The average Bonchev–Trinajstić information content (AvgIpc) is 2.30. The Morgan fingerprint density at radius 3 is 2.94 bits per heavy atom. The summed E-state index contributed by atoms with van der Waals surface area (Å²) < 4.78 is 5.56. The first-order chi connectivity index (χ1) is 8.49. The molecule has 1 aliphatic heterocycles. The van der Waals surface area contributed by atoms with Gasteiger partial charge in [-0.15, -0.1) is 0 Å². The number of benzene rings is 1. The molecule has 2 rings (SSSR count). The lowest BCUT2D eigenvalue weighted by atomic mass is 10.1. The van der Waals surface area contributed by atoms with Crippen molar-refractivity contribution < 1.29 is 9.53 Å². The maximum Gasteiger partial charge on any atom is 0.267 e. The van der Waals surface area contributed by atoms with Gasteiger partial charge in [-0.1, -0.05) is 6.07 Å². The minimum Gasteiger partial charge on any atom is -0.479 e. The summed E-state index contributed by atoms with van der Waals surface area (Å²) in [7, 11) is 0. The van der Waals surface area contributed by atoms with E-state index >= 15 is 0 Å². The highest BCUT2D eigenvalue weighted by molar-refractivity contribution is 6.00. The van der Waals surface area contributed by atoms with Gasteiger partial charge < -0.3 is 15.4 Å². The summed E-state index contributed by atoms with van der Waals surface area (Å²) in [5, 5.41) is 7.26. The van der Waals surface area contributed by atoms with Crippen molar-refractivity contribution in [1.29, 1.82) is 5.41 Å². The van der Waals surface area contributed by atoms with Crippen molar-refractivity contribution in [2.45, 2.75) is 26.4 Å². The number of hydrogen-bond acceptors (Lipinski definition) is 3. The van der Waals surface area contributed by atoms with Gasteiger partial charge in [-0.25, -0.2) is 0 Å². The molecule has 18 heavy (non-hydrogen) atoms. The van der Waals surface area contributed by atoms with E-state index in [-0.39, 0.29) is 11.7 Å². The van der Waals surface area contributed by atoms with Crippen LogP contribution in [0.15, 0.2) is 18.2 Å². The first-order valence-electron chi connectivity index (χ1n) is 5.90. The second-order valence-corrected chi connectivity index (χ2v) is 4.50. The van der Waals surface area contributed by atoms with E-state index < -0.39 is 6.10 Å². The molecule has 1 aliphatic rings. The number of ether oxygens (including phenoxy) is 1. The Kier molecular flexibility index (Phi) is 3.23. The van der Waals surface area contributed by atoms with E-state index in [9.17, 15) is 4.79 Å². The minimum atomic E-state index is -0.493. The number of nitrogens with one attached hydrogen (secondary N) is 1. The summed E-state index contributed by atoms with van der Waals surface area (Å²) in [6, 6.07) is 5.73. The second-order valence-electron chi connectivity index (χ2n) is 4.50. The quantitative estimate of drug-likeness (QED) is 0.626. The van der Waals surface area contributed by atoms with E-state index in [1.54, 1.807) is 11.8 Å². The molecule has 5 nitrogen and oxygen atoms in total. The fourth-order valence-electron chi connectivity index (χ4n) is 1.98. The van der Waals surface area contributed by atoms with Gasteiger partial charge in [-0.3, -0.25) is 10.2 Å². The van der Waals surface area contributed by atoms with E-state index in [0.717, 1.165) is 11.3 Å². The number of carbonyl (C=O) groups is 1. The monoisotopic (exact) mass is 247 g/mol. The number of fused-ring (bicyclic) bond motifs is 1. The lowest BCUT2D eigenvalue weighted by Gasteiger charge is -2.33. The summed E-state index contributed by atoms with van der Waals surface area (Å²) in [5.41, 5.74) is 7.18. The average molecular weight is 247 g/mol. The Labute approximate surface area is 106 Å². The van der Waals surface area contributed by atoms with Gasteiger partial charge in [0.05, 0.1) is 11.5 Å². The van der Waals surface area contributed by atoms with Gasteiger partial charge >= 0.3 is 0 Å². The molecule has 0 saturated heterocycles. The molecular formula is C13H17N3O2. The molecule has 1 aromatic carbocycles. The molecular weight excluding hydrogens is 230 g/mol. The van der Waals surface area contributed by atoms with Gasteiger partial charge in [0.15, 0.2) is 6.10 Å². The van der Waals surface area contributed by atoms with Gasteiger partial charge in [-0.2, -0.15) is 0 Å². The zero-order valence-electron chi connectivity index (χ0n) is 10.6. The van der Waals surface area contributed by atoms with Crippen LogP contribution in [-0.4, -0.2) is 24.4 Å². The van der Waals surface area contributed by atoms with Crippen LogP contribution in [0.3, 0.4) is 0 Å². The van der Waals surface area contributed by atoms with E-state index in [1.807, 2.05) is 25.1 Å². The summed E-state index contributed by atoms with van der Waals surface area (Å²) in [4.78, 5) is 13.8. The standard InChI is InChI=1S/C13H17N3O2/c1-8-3-4-11-10(7-8)16(6-5-12(14)15)13(17)9(2)18-11/h3-4,7,9H,5-6H2,1-2H3,(H3,14,15). The number of carbonyl (C=O) groups excluding carboxylic acids is 1. The Morgan fingerprint density at radius 2 is 2.28 bits per heavy atom. The number of aryl methyl sites for hydroxylation is 1. The van der Waals surface area contributed by atoms with Gasteiger partial charge in [0.1, 0.15) is 5.75 Å². The maximum atomic E-state index is 12.1. The molecule has 0 aliphatic carbocycles. The molecule has 0 radical (unpaired) electrons. The molecule has 0 bridgehead atoms. The van der Waals surface area contributed by atoms with Gasteiger partial charge in [0, 0.05) is 13.0 Å². The third-order valence-corrected chi connectivity index (χ3v) is 2.93. The molecule has 1 aromatic rings. The number of anilines is 1. The van der Waals surface area contributed by atoms with Crippen molar-refractivity contribution in [3.63, 3.8) is 0 Å². The third-order valence-electron chi connectivity index (χ3n) is 2.93. The van der Waals surface area contributed by atoms with E-state index in [4.69, 9.17) is 15.9 Å². The molecule has 1 heterocycles. The predicted octanol–water partition coefficient (Wildman–Crippen LogP) is 1.43. The minimum absolute atomic E-state index is 0.0798. The molecule has 0 aromatic heterocycles. The van der Waals surface area contributed by atoms with Crippen LogP contribution in [0.5, 0.6) is 5.75 Å². The van der Waals surface area contributed by atoms with Gasteiger partial charge in [0.25, 0.3) is 5.91 Å². The van der Waals surface area contributed by atoms with Gasteiger partial charge in [0.2, 0.25) is 0 Å². The van der Waals surface area contributed by atoms with Crippen LogP contribution >= 0.6 is 0 Å². The van der Waals surface area contributed by atoms with Crippen LogP contribution in [0, 0.1) is 12.3 Å². The highest BCUT2D eigenvalue weighted by Crippen LogP contribution is 2.34. The lowest BCUT2D eigenvalue weighted by Crippen LogP contribution is -2.45. The number of hydrogen-bond donors (Lipinski definition) is 2. The highest BCUT2D eigenvalue weighted by atomic mass is 16.5. The predicted molar refractivity (Wildman–Crippen MR) is 70.2 cm³/mol. The molecule has 5 heteroatoms. The van der Waals surface area contributed by atoms with Crippen molar-refractivity contribution in [3.8, 4) is 5.75 Å². The number of amides is 1. The third kappa shape index (κ3) is 2.30. The van der Waals surface area contributed by atoms with Crippen molar-refractivity contribution in [3.05, 3.63) is 23.8 Å². The Morgan fingerprint density at radius 1 is 1.56 bits per heavy atom. The summed E-state index contributed by atoms with van der Waals surface area (Å²) in [5.74, 6) is 0.696. The number of amidine groups is 1. The zero-order valence-corrected chi connectivity index (χ0v) is 10.6. The molecule has 3 N–H and O–H groups in total. The molecule has 1 atom stereocenters. The van der Waals surface area contributed by atoms with Crippen LogP contribution in [0.1, 0.15) is 18.9 Å². The van der Waals surface area contributed by atoms with Crippen LogP contribution in [0.4, 0.5) is 5.69 Å². The van der Waals surface area contributed by atoms with E-state index in [2.05, 4.69) is 0 Å². The summed E-state index contributed by atoms with van der Waals surface area (Å²) >= 11 is 0. The van der Waals surface area contributed by atoms with E-state index in [1.165, 1.54) is 0 Å². The normalized spacial score (nSPS) is 18.2. The topological polar surface area (TPSA) is 79.4 Å².